The smallest absolute Gasteiger partial charge is 0.294 e. The van der Waals surface area contributed by atoms with E-state index in [2.05, 4.69) is 17.0 Å². The van der Waals surface area contributed by atoms with Gasteiger partial charge < -0.3 is 19.0 Å². The Kier molecular flexibility index (Phi) is 8.15. The molecule has 1 saturated heterocycles. The Bertz CT molecular complexity index is 938. The van der Waals surface area contributed by atoms with Crippen molar-refractivity contribution in [2.45, 2.75) is 25.3 Å². The van der Waals surface area contributed by atoms with Gasteiger partial charge in [-0.3, -0.25) is 4.79 Å². The standard InChI is InChI=1S/C25H28N2O3.ClH/c1-29-23-11-6-5-8-20(23)13-16-26-17-14-22(15-18-26)27(21-9-3-2-4-10-21)25(28)24-12-7-19-30-24;/h2-12,19,22H,13-18H2,1H3;1H. The van der Waals surface area contributed by atoms with E-state index in [-0.39, 0.29) is 24.4 Å². The summed E-state index contributed by atoms with van der Waals surface area (Å²) < 4.78 is 10.9. The van der Waals surface area contributed by atoms with Crippen LogP contribution in [0.5, 0.6) is 5.75 Å². The lowest BCUT2D eigenvalue weighted by Gasteiger charge is -2.38. The van der Waals surface area contributed by atoms with Crippen LogP contribution in [0.15, 0.2) is 77.4 Å². The number of methoxy groups -OCH3 is 1. The fraction of sp³-hybridized carbons (Fsp3) is 0.320. The number of carbonyl (C=O) groups is 1. The molecule has 31 heavy (non-hydrogen) atoms. The van der Waals surface area contributed by atoms with Crippen LogP contribution in [0.1, 0.15) is 29.0 Å². The van der Waals surface area contributed by atoms with Crippen molar-refractivity contribution < 1.29 is 13.9 Å². The number of ether oxygens (including phenoxy) is 1. The SMILES string of the molecule is COc1ccccc1CCN1CCC(N(C(=O)c2ccco2)c2ccccc2)CC1.Cl. The summed E-state index contributed by atoms with van der Waals surface area (Å²) >= 11 is 0. The fourth-order valence-electron chi connectivity index (χ4n) is 4.19. The number of halogens is 1. The number of hydrogen-bond donors (Lipinski definition) is 0. The second-order valence-electron chi connectivity index (χ2n) is 7.62. The number of furan rings is 1. The van der Waals surface area contributed by atoms with Crippen molar-refractivity contribution in [2.75, 3.05) is 31.6 Å². The van der Waals surface area contributed by atoms with Crippen LogP contribution in [0.4, 0.5) is 5.69 Å². The highest BCUT2D eigenvalue weighted by molar-refractivity contribution is 6.04. The minimum Gasteiger partial charge on any atom is -0.496 e. The van der Waals surface area contributed by atoms with Gasteiger partial charge in [0.05, 0.1) is 13.4 Å². The molecule has 0 aliphatic carbocycles. The summed E-state index contributed by atoms with van der Waals surface area (Å²) in [6.07, 6.45) is 4.39. The third-order valence-electron chi connectivity index (χ3n) is 5.80. The Morgan fingerprint density at radius 2 is 1.74 bits per heavy atom. The molecule has 5 nitrogen and oxygen atoms in total. The van der Waals surface area contributed by atoms with Gasteiger partial charge in [-0.2, -0.15) is 0 Å². The Labute approximate surface area is 190 Å². The zero-order valence-electron chi connectivity index (χ0n) is 17.8. The number of piperidine rings is 1. The highest BCUT2D eigenvalue weighted by Gasteiger charge is 2.30. The second-order valence-corrected chi connectivity index (χ2v) is 7.62. The van der Waals surface area contributed by atoms with Crippen molar-refractivity contribution in [3.8, 4) is 5.75 Å². The zero-order chi connectivity index (χ0) is 20.8. The van der Waals surface area contributed by atoms with E-state index >= 15 is 0 Å². The van der Waals surface area contributed by atoms with Crippen molar-refractivity contribution in [3.63, 3.8) is 0 Å². The summed E-state index contributed by atoms with van der Waals surface area (Å²) in [6, 6.07) is 21.8. The van der Waals surface area contributed by atoms with Crippen molar-refractivity contribution in [3.05, 3.63) is 84.3 Å². The molecule has 2 aromatic carbocycles. The van der Waals surface area contributed by atoms with E-state index in [0.717, 1.165) is 50.3 Å². The molecule has 0 N–H and O–H groups in total. The van der Waals surface area contributed by atoms with Gasteiger partial charge in [0.2, 0.25) is 0 Å². The molecule has 3 aromatic rings. The molecule has 0 atom stereocenters. The predicted octanol–water partition coefficient (Wildman–Crippen LogP) is 5.06. The molecule has 0 unspecified atom stereocenters. The van der Waals surface area contributed by atoms with Gasteiger partial charge in [-0.25, -0.2) is 0 Å². The largest absolute Gasteiger partial charge is 0.496 e. The third-order valence-corrected chi connectivity index (χ3v) is 5.80. The van der Waals surface area contributed by atoms with E-state index in [1.54, 1.807) is 25.5 Å². The normalized spacial score (nSPS) is 14.6. The van der Waals surface area contributed by atoms with Gasteiger partial charge >= 0.3 is 0 Å². The maximum absolute atomic E-state index is 13.2. The number of nitrogens with zero attached hydrogens (tertiary/aromatic N) is 2. The van der Waals surface area contributed by atoms with Crippen LogP contribution < -0.4 is 9.64 Å². The van der Waals surface area contributed by atoms with Crippen LogP contribution >= 0.6 is 12.4 Å². The number of para-hydroxylation sites is 2. The topological polar surface area (TPSA) is 45.9 Å². The first-order valence-electron chi connectivity index (χ1n) is 10.5. The summed E-state index contributed by atoms with van der Waals surface area (Å²) in [7, 11) is 1.72. The van der Waals surface area contributed by atoms with Crippen molar-refractivity contribution in [1.82, 2.24) is 4.90 Å². The molecule has 0 radical (unpaired) electrons. The van der Waals surface area contributed by atoms with E-state index < -0.39 is 0 Å². The molecule has 0 bridgehead atoms. The third kappa shape index (κ3) is 5.49. The minimum atomic E-state index is -0.0707. The highest BCUT2D eigenvalue weighted by Crippen LogP contribution is 2.26. The number of rotatable bonds is 7. The molecule has 6 heteroatoms. The molecule has 1 fully saturated rings. The summed E-state index contributed by atoms with van der Waals surface area (Å²) in [5, 5.41) is 0. The quantitative estimate of drug-likeness (QED) is 0.515. The Balaban J connectivity index is 0.00000272. The molecule has 4 rings (SSSR count). The molecule has 2 heterocycles. The lowest BCUT2D eigenvalue weighted by molar-refractivity contribution is 0.0933. The van der Waals surface area contributed by atoms with Gasteiger partial charge in [0, 0.05) is 31.4 Å². The summed E-state index contributed by atoms with van der Waals surface area (Å²) in [5.74, 6) is 1.27. The van der Waals surface area contributed by atoms with Gasteiger partial charge in [-0.1, -0.05) is 36.4 Å². The fourth-order valence-corrected chi connectivity index (χ4v) is 4.19. The molecular formula is C25H29ClN2O3. The van der Waals surface area contributed by atoms with Crippen molar-refractivity contribution in [1.29, 1.82) is 0 Å². The Morgan fingerprint density at radius 3 is 2.42 bits per heavy atom. The first-order valence-corrected chi connectivity index (χ1v) is 10.5. The van der Waals surface area contributed by atoms with Crippen LogP contribution in [0.3, 0.4) is 0 Å². The predicted molar refractivity (Wildman–Crippen MR) is 125 cm³/mol. The molecule has 1 amide bonds. The van der Waals surface area contributed by atoms with Crippen LogP contribution in [0.2, 0.25) is 0 Å². The average molecular weight is 441 g/mol. The molecule has 1 aliphatic heterocycles. The maximum Gasteiger partial charge on any atom is 0.294 e. The van der Waals surface area contributed by atoms with Gasteiger partial charge in [-0.05, 0) is 55.2 Å². The highest BCUT2D eigenvalue weighted by atomic mass is 35.5. The van der Waals surface area contributed by atoms with E-state index in [1.807, 2.05) is 47.4 Å². The maximum atomic E-state index is 13.2. The molecular weight excluding hydrogens is 412 g/mol. The van der Waals surface area contributed by atoms with E-state index in [4.69, 9.17) is 9.15 Å². The summed E-state index contributed by atoms with van der Waals surface area (Å²) in [5.41, 5.74) is 2.16. The summed E-state index contributed by atoms with van der Waals surface area (Å²) in [6.45, 7) is 2.92. The first-order chi connectivity index (χ1) is 14.8. The Hall–Kier alpha value is -2.76. The Morgan fingerprint density at radius 1 is 1.03 bits per heavy atom. The number of amides is 1. The van der Waals surface area contributed by atoms with E-state index in [9.17, 15) is 4.79 Å². The number of benzene rings is 2. The van der Waals surface area contributed by atoms with Crippen LogP contribution in [-0.4, -0.2) is 43.6 Å². The number of hydrogen-bond acceptors (Lipinski definition) is 4. The average Bonchev–Trinajstić information content (AvgIpc) is 3.35. The van der Waals surface area contributed by atoms with Crippen LogP contribution in [-0.2, 0) is 6.42 Å². The molecule has 0 saturated carbocycles. The zero-order valence-corrected chi connectivity index (χ0v) is 18.6. The first kappa shape index (κ1) is 22.9. The lowest BCUT2D eigenvalue weighted by Crippen LogP contribution is -2.48. The van der Waals surface area contributed by atoms with Gasteiger partial charge in [0.1, 0.15) is 5.75 Å². The van der Waals surface area contributed by atoms with Crippen molar-refractivity contribution >= 4 is 24.0 Å². The van der Waals surface area contributed by atoms with Gasteiger partial charge in [0.15, 0.2) is 5.76 Å². The van der Waals surface area contributed by atoms with E-state index in [1.165, 1.54) is 5.56 Å². The van der Waals surface area contributed by atoms with Crippen molar-refractivity contribution in [2.24, 2.45) is 0 Å². The second kappa shape index (κ2) is 11.0. The molecule has 164 valence electrons. The molecule has 0 spiro atoms. The van der Waals surface area contributed by atoms with Crippen LogP contribution in [0.25, 0.3) is 0 Å². The number of carbonyl (C=O) groups excluding carboxylic acids is 1. The van der Waals surface area contributed by atoms with Gasteiger partial charge in [-0.15, -0.1) is 12.4 Å². The summed E-state index contributed by atoms with van der Waals surface area (Å²) in [4.78, 5) is 17.6. The lowest BCUT2D eigenvalue weighted by atomic mass is 10.0. The van der Waals surface area contributed by atoms with Gasteiger partial charge in [0.25, 0.3) is 5.91 Å². The number of likely N-dealkylation sites (tertiary alicyclic amines) is 1. The number of anilines is 1. The molecule has 1 aliphatic rings. The minimum absolute atomic E-state index is 0. The van der Waals surface area contributed by atoms with Crippen LogP contribution in [0, 0.1) is 0 Å². The molecule has 1 aromatic heterocycles. The monoisotopic (exact) mass is 440 g/mol. The van der Waals surface area contributed by atoms with E-state index in [0.29, 0.717) is 5.76 Å².